The van der Waals surface area contributed by atoms with Crippen molar-refractivity contribution in [3.8, 4) is 5.82 Å². The molecule has 168 valence electrons. The maximum Gasteiger partial charge on any atom is 0.317 e. The third-order valence-corrected chi connectivity index (χ3v) is 5.74. The van der Waals surface area contributed by atoms with E-state index >= 15 is 0 Å². The highest BCUT2D eigenvalue weighted by Crippen LogP contribution is 2.24. The van der Waals surface area contributed by atoms with Crippen molar-refractivity contribution >= 4 is 23.4 Å². The average Bonchev–Trinajstić information content (AvgIpc) is 3.23. The topological polar surface area (TPSA) is 79.2 Å². The molecule has 8 nitrogen and oxygen atoms in total. The first-order chi connectivity index (χ1) is 15.3. The van der Waals surface area contributed by atoms with Crippen molar-refractivity contribution in [2.24, 2.45) is 0 Å². The van der Waals surface area contributed by atoms with Crippen molar-refractivity contribution < 1.29 is 4.79 Å². The summed E-state index contributed by atoms with van der Waals surface area (Å²) in [5.41, 5.74) is 1.73. The fourth-order valence-electron chi connectivity index (χ4n) is 3.60. The second-order valence-electron chi connectivity index (χ2n) is 8.81. The number of nitrogens with one attached hydrogen (secondary N) is 1. The average molecular weight is 454 g/mol. The van der Waals surface area contributed by atoms with Crippen LogP contribution in [-0.2, 0) is 12.0 Å². The molecule has 0 aromatic carbocycles. The summed E-state index contributed by atoms with van der Waals surface area (Å²) in [4.78, 5) is 25.6. The first-order valence-electron chi connectivity index (χ1n) is 10.7. The maximum absolute atomic E-state index is 12.8. The minimum Gasteiger partial charge on any atom is -0.352 e. The van der Waals surface area contributed by atoms with Gasteiger partial charge in [-0.25, -0.2) is 19.4 Å². The van der Waals surface area contributed by atoms with E-state index in [9.17, 15) is 4.79 Å². The molecule has 3 aromatic heterocycles. The summed E-state index contributed by atoms with van der Waals surface area (Å²) in [7, 11) is 0. The zero-order valence-electron chi connectivity index (χ0n) is 18.6. The number of urea groups is 1. The molecule has 0 aliphatic carbocycles. The molecule has 0 saturated carbocycles. The number of pyridine rings is 2. The van der Waals surface area contributed by atoms with Gasteiger partial charge in [-0.3, -0.25) is 0 Å². The Hall–Kier alpha value is -3.13. The Kier molecular flexibility index (Phi) is 6.32. The first kappa shape index (κ1) is 22.1. The van der Waals surface area contributed by atoms with Gasteiger partial charge in [0.2, 0.25) is 0 Å². The number of carbonyl (C=O) groups is 1. The van der Waals surface area contributed by atoms with Crippen molar-refractivity contribution in [2.45, 2.75) is 32.7 Å². The lowest BCUT2D eigenvalue weighted by molar-refractivity contribution is 0.193. The molecule has 1 saturated heterocycles. The van der Waals surface area contributed by atoms with Crippen LogP contribution in [0.1, 0.15) is 32.2 Å². The van der Waals surface area contributed by atoms with Crippen molar-refractivity contribution in [3.05, 3.63) is 65.2 Å². The van der Waals surface area contributed by atoms with Crippen LogP contribution in [0.4, 0.5) is 10.6 Å². The van der Waals surface area contributed by atoms with Gasteiger partial charge in [-0.05, 0) is 30.3 Å². The second-order valence-corrected chi connectivity index (χ2v) is 9.22. The van der Waals surface area contributed by atoms with Gasteiger partial charge >= 0.3 is 6.03 Å². The lowest BCUT2D eigenvalue weighted by Crippen LogP contribution is -2.52. The summed E-state index contributed by atoms with van der Waals surface area (Å²) in [6.07, 6.45) is 3.47. The number of nitrogens with zero attached hydrogens (tertiary/aromatic N) is 6. The van der Waals surface area contributed by atoms with Crippen LogP contribution in [0, 0.1) is 0 Å². The van der Waals surface area contributed by atoms with Crippen LogP contribution in [0.2, 0.25) is 5.02 Å². The standard InChI is InChI=1S/C23H28ClN7O/c1-23(2,3)19-15-17(31(28-19)20-8-4-5-9-25-20)16-27-22(32)30-13-11-29(12-14-30)21-18(24)7-6-10-26-21/h4-10,15H,11-14,16H2,1-3H3,(H,27,32). The molecule has 32 heavy (non-hydrogen) atoms. The van der Waals surface area contributed by atoms with Crippen LogP contribution >= 0.6 is 11.6 Å². The summed E-state index contributed by atoms with van der Waals surface area (Å²) in [5, 5.41) is 8.43. The molecule has 4 rings (SSSR count). The molecule has 1 N–H and O–H groups in total. The highest BCUT2D eigenvalue weighted by molar-refractivity contribution is 6.32. The molecule has 2 amide bonds. The van der Waals surface area contributed by atoms with Crippen LogP contribution in [0.3, 0.4) is 0 Å². The quantitative estimate of drug-likeness (QED) is 0.652. The van der Waals surface area contributed by atoms with Crippen LogP contribution in [0.5, 0.6) is 0 Å². The molecule has 4 heterocycles. The number of rotatable bonds is 4. The molecule has 0 unspecified atom stereocenters. The van der Waals surface area contributed by atoms with Gasteiger partial charge in [-0.2, -0.15) is 5.10 Å². The van der Waals surface area contributed by atoms with Crippen molar-refractivity contribution in [1.29, 1.82) is 0 Å². The summed E-state index contributed by atoms with van der Waals surface area (Å²) in [6.45, 7) is 9.30. The molecular formula is C23H28ClN7O. The predicted octanol–water partition coefficient (Wildman–Crippen LogP) is 3.65. The van der Waals surface area contributed by atoms with Gasteiger partial charge in [-0.1, -0.05) is 38.4 Å². The first-order valence-corrected chi connectivity index (χ1v) is 11.1. The van der Waals surface area contributed by atoms with Gasteiger partial charge in [0, 0.05) is 44.0 Å². The molecule has 3 aromatic rings. The summed E-state index contributed by atoms with van der Waals surface area (Å²) in [5.74, 6) is 1.50. The van der Waals surface area contributed by atoms with E-state index in [4.69, 9.17) is 16.7 Å². The molecular weight excluding hydrogens is 426 g/mol. The van der Waals surface area contributed by atoms with Crippen LogP contribution in [-0.4, -0.2) is 56.9 Å². The molecule has 0 bridgehead atoms. The van der Waals surface area contributed by atoms with E-state index in [1.807, 2.05) is 46.0 Å². The zero-order valence-corrected chi connectivity index (χ0v) is 19.4. The van der Waals surface area contributed by atoms with Crippen LogP contribution in [0.25, 0.3) is 5.82 Å². The van der Waals surface area contributed by atoms with Gasteiger partial charge in [-0.15, -0.1) is 0 Å². The molecule has 0 radical (unpaired) electrons. The Morgan fingerprint density at radius 1 is 1.06 bits per heavy atom. The monoisotopic (exact) mass is 453 g/mol. The number of aromatic nitrogens is 4. The van der Waals surface area contributed by atoms with Crippen LogP contribution < -0.4 is 10.2 Å². The molecule has 1 aliphatic heterocycles. The molecule has 1 aliphatic rings. The Balaban J connectivity index is 1.41. The molecule has 0 spiro atoms. The van der Waals surface area contributed by atoms with Gasteiger partial charge in [0.25, 0.3) is 0 Å². The van der Waals surface area contributed by atoms with E-state index in [-0.39, 0.29) is 11.4 Å². The van der Waals surface area contributed by atoms with E-state index in [0.717, 1.165) is 23.0 Å². The van der Waals surface area contributed by atoms with E-state index in [1.165, 1.54) is 0 Å². The molecule has 0 atom stereocenters. The van der Waals surface area contributed by atoms with Gasteiger partial charge in [0.15, 0.2) is 5.82 Å². The third kappa shape index (κ3) is 4.85. The highest BCUT2D eigenvalue weighted by Gasteiger charge is 2.24. The highest BCUT2D eigenvalue weighted by atomic mass is 35.5. The van der Waals surface area contributed by atoms with E-state index in [2.05, 4.69) is 41.0 Å². The van der Waals surface area contributed by atoms with Gasteiger partial charge in [0.05, 0.1) is 23.0 Å². The number of piperazine rings is 1. The third-order valence-electron chi connectivity index (χ3n) is 5.44. The minimum atomic E-state index is -0.109. The summed E-state index contributed by atoms with van der Waals surface area (Å²) in [6, 6.07) is 11.3. The number of carbonyl (C=O) groups excluding carboxylic acids is 1. The largest absolute Gasteiger partial charge is 0.352 e. The van der Waals surface area contributed by atoms with Gasteiger partial charge in [0.1, 0.15) is 5.82 Å². The predicted molar refractivity (Wildman–Crippen MR) is 125 cm³/mol. The fraction of sp³-hybridized carbons (Fsp3) is 0.391. The fourth-order valence-corrected chi connectivity index (χ4v) is 3.84. The Morgan fingerprint density at radius 3 is 2.47 bits per heavy atom. The molecule has 1 fully saturated rings. The van der Waals surface area contributed by atoms with Crippen molar-refractivity contribution in [1.82, 2.24) is 30.0 Å². The van der Waals surface area contributed by atoms with Crippen LogP contribution in [0.15, 0.2) is 48.8 Å². The number of amides is 2. The molecule has 9 heteroatoms. The number of hydrogen-bond donors (Lipinski definition) is 1. The maximum atomic E-state index is 12.8. The van der Waals surface area contributed by atoms with E-state index in [1.54, 1.807) is 12.4 Å². The Bertz CT molecular complexity index is 1070. The smallest absolute Gasteiger partial charge is 0.317 e. The summed E-state index contributed by atoms with van der Waals surface area (Å²) >= 11 is 6.26. The normalized spacial score (nSPS) is 14.5. The lowest BCUT2D eigenvalue weighted by atomic mass is 9.92. The van der Waals surface area contributed by atoms with Crippen molar-refractivity contribution in [3.63, 3.8) is 0 Å². The van der Waals surface area contributed by atoms with E-state index in [0.29, 0.717) is 37.7 Å². The lowest BCUT2D eigenvalue weighted by Gasteiger charge is -2.35. The van der Waals surface area contributed by atoms with Gasteiger partial charge < -0.3 is 15.1 Å². The Labute approximate surface area is 193 Å². The summed E-state index contributed by atoms with van der Waals surface area (Å²) < 4.78 is 1.81. The minimum absolute atomic E-state index is 0.0946. The van der Waals surface area contributed by atoms with Crippen molar-refractivity contribution in [2.75, 3.05) is 31.1 Å². The SMILES string of the molecule is CC(C)(C)c1cc(CNC(=O)N2CCN(c3ncccc3Cl)CC2)n(-c2ccccn2)n1. The van der Waals surface area contributed by atoms with E-state index < -0.39 is 0 Å². The Morgan fingerprint density at radius 2 is 1.81 bits per heavy atom. The second kappa shape index (κ2) is 9.16. The number of anilines is 1. The zero-order chi connectivity index (χ0) is 22.7. The number of hydrogen-bond acceptors (Lipinski definition) is 5. The number of halogens is 1.